The van der Waals surface area contributed by atoms with Gasteiger partial charge in [-0.3, -0.25) is 4.98 Å². The Balaban J connectivity index is 2.38. The van der Waals surface area contributed by atoms with Crippen LogP contribution in [0.5, 0.6) is 5.75 Å². The first-order chi connectivity index (χ1) is 8.99. The van der Waals surface area contributed by atoms with Crippen LogP contribution in [0.15, 0.2) is 30.3 Å². The van der Waals surface area contributed by atoms with Crippen molar-refractivity contribution < 1.29 is 17.9 Å². The number of nitrogens with one attached hydrogen (secondary N) is 1. The number of benzene rings is 1. The molecule has 0 saturated heterocycles. The molecule has 0 aliphatic heterocycles. The summed E-state index contributed by atoms with van der Waals surface area (Å²) in [6.45, 7) is -0.840. The van der Waals surface area contributed by atoms with Crippen LogP contribution in [0.4, 0.5) is 13.2 Å². The predicted molar refractivity (Wildman–Crippen MR) is 66.1 cm³/mol. The molecular weight excluding hydrogens is 257 g/mol. The van der Waals surface area contributed by atoms with Gasteiger partial charge >= 0.3 is 6.18 Å². The van der Waals surface area contributed by atoms with Crippen molar-refractivity contribution in [3.63, 3.8) is 0 Å². The Morgan fingerprint density at radius 3 is 2.68 bits per heavy atom. The maximum absolute atomic E-state index is 12.2. The molecule has 0 radical (unpaired) electrons. The number of hydrogen-bond acceptors (Lipinski definition) is 3. The van der Waals surface area contributed by atoms with Gasteiger partial charge in [0.05, 0.1) is 11.2 Å². The lowest BCUT2D eigenvalue weighted by Crippen LogP contribution is -2.19. The van der Waals surface area contributed by atoms with Gasteiger partial charge in [0.25, 0.3) is 0 Å². The molecule has 0 spiro atoms. The third kappa shape index (κ3) is 3.57. The van der Waals surface area contributed by atoms with Gasteiger partial charge in [0.2, 0.25) is 0 Å². The molecule has 19 heavy (non-hydrogen) atoms. The number of para-hydroxylation sites is 1. The van der Waals surface area contributed by atoms with E-state index in [4.69, 9.17) is 4.74 Å². The summed E-state index contributed by atoms with van der Waals surface area (Å²) in [5.74, 6) is 0.202. The molecule has 0 saturated carbocycles. The Bertz CT molecular complexity index is 569. The van der Waals surface area contributed by atoms with Crippen LogP contribution in [0.1, 0.15) is 5.69 Å². The van der Waals surface area contributed by atoms with Crippen molar-refractivity contribution in [2.75, 3.05) is 13.7 Å². The number of hydrogen-bond donors (Lipinski definition) is 1. The molecule has 1 aromatic heterocycles. The van der Waals surface area contributed by atoms with Crippen molar-refractivity contribution in [1.82, 2.24) is 10.3 Å². The quantitative estimate of drug-likeness (QED) is 0.927. The summed E-state index contributed by atoms with van der Waals surface area (Å²) in [4.78, 5) is 4.35. The van der Waals surface area contributed by atoms with E-state index in [1.165, 1.54) is 6.07 Å². The van der Waals surface area contributed by atoms with E-state index in [0.29, 0.717) is 23.1 Å². The largest absolute Gasteiger partial charge is 0.483 e. The summed E-state index contributed by atoms with van der Waals surface area (Å²) < 4.78 is 41.6. The molecule has 0 aliphatic carbocycles. The summed E-state index contributed by atoms with van der Waals surface area (Å²) in [5, 5.41) is 3.48. The van der Waals surface area contributed by atoms with Gasteiger partial charge in [0, 0.05) is 18.0 Å². The van der Waals surface area contributed by atoms with Gasteiger partial charge in [-0.05, 0) is 19.2 Å². The average Bonchev–Trinajstić information content (AvgIpc) is 2.35. The third-order valence-electron chi connectivity index (χ3n) is 2.48. The molecule has 0 fully saturated rings. The molecule has 0 bridgehead atoms. The smallest absolute Gasteiger partial charge is 0.422 e. The van der Waals surface area contributed by atoms with Crippen molar-refractivity contribution in [3.8, 4) is 5.75 Å². The molecule has 102 valence electrons. The van der Waals surface area contributed by atoms with E-state index < -0.39 is 12.8 Å². The minimum Gasteiger partial charge on any atom is -0.483 e. The summed E-state index contributed by atoms with van der Waals surface area (Å²) in [6, 6.07) is 8.49. The molecule has 1 aromatic carbocycles. The van der Waals surface area contributed by atoms with E-state index in [9.17, 15) is 13.2 Å². The summed E-state index contributed by atoms with van der Waals surface area (Å²) >= 11 is 0. The zero-order valence-electron chi connectivity index (χ0n) is 10.3. The molecular formula is C13H13F3N2O. The van der Waals surface area contributed by atoms with E-state index in [0.717, 1.165) is 0 Å². The van der Waals surface area contributed by atoms with Gasteiger partial charge in [0.1, 0.15) is 5.75 Å². The van der Waals surface area contributed by atoms with Gasteiger partial charge in [-0.15, -0.1) is 0 Å². The van der Waals surface area contributed by atoms with Crippen LogP contribution in [0.25, 0.3) is 10.9 Å². The summed E-state index contributed by atoms with van der Waals surface area (Å²) in [6.07, 6.45) is -4.35. The molecule has 1 N–H and O–H groups in total. The second-order valence-electron chi connectivity index (χ2n) is 4.06. The Labute approximate surface area is 108 Å². The van der Waals surface area contributed by atoms with Crippen molar-refractivity contribution in [2.24, 2.45) is 0 Å². The van der Waals surface area contributed by atoms with Crippen LogP contribution >= 0.6 is 0 Å². The van der Waals surface area contributed by atoms with Crippen molar-refractivity contribution >= 4 is 10.9 Å². The molecule has 6 heteroatoms. The number of rotatable bonds is 4. The first kappa shape index (κ1) is 13.6. The Kier molecular flexibility index (Phi) is 3.90. The van der Waals surface area contributed by atoms with Crippen LogP contribution in [-0.4, -0.2) is 24.8 Å². The Hall–Kier alpha value is -1.82. The fourth-order valence-electron chi connectivity index (χ4n) is 1.75. The lowest BCUT2D eigenvalue weighted by atomic mass is 10.2. The number of alkyl halides is 3. The van der Waals surface area contributed by atoms with E-state index in [-0.39, 0.29) is 5.75 Å². The maximum atomic E-state index is 12.2. The topological polar surface area (TPSA) is 34.1 Å². The molecule has 0 amide bonds. The fourth-order valence-corrected chi connectivity index (χ4v) is 1.75. The molecule has 0 aliphatic rings. The van der Waals surface area contributed by atoms with Gasteiger partial charge < -0.3 is 10.1 Å². The molecule has 1 heterocycles. The second-order valence-corrected chi connectivity index (χ2v) is 4.06. The lowest BCUT2D eigenvalue weighted by molar-refractivity contribution is -0.153. The van der Waals surface area contributed by atoms with Crippen LogP contribution in [0.3, 0.4) is 0 Å². The standard InChI is InChI=1S/C13H13F3N2O/c1-17-7-9-6-12(19-8-13(14,15)16)10-4-2-3-5-11(10)18-9/h2-6,17H,7-8H2,1H3. The maximum Gasteiger partial charge on any atom is 0.422 e. The van der Waals surface area contributed by atoms with Crippen molar-refractivity contribution in [3.05, 3.63) is 36.0 Å². The molecule has 2 rings (SSSR count). The average molecular weight is 270 g/mol. The molecule has 3 nitrogen and oxygen atoms in total. The number of halogens is 3. The van der Waals surface area contributed by atoms with Gasteiger partial charge in [0.15, 0.2) is 6.61 Å². The second kappa shape index (κ2) is 5.44. The van der Waals surface area contributed by atoms with Crippen molar-refractivity contribution in [1.29, 1.82) is 0 Å². The third-order valence-corrected chi connectivity index (χ3v) is 2.48. The molecule has 0 unspecified atom stereocenters. The van der Waals surface area contributed by atoms with Crippen LogP contribution in [0, 0.1) is 0 Å². The normalized spacial score (nSPS) is 11.8. The van der Waals surface area contributed by atoms with E-state index in [1.807, 2.05) is 0 Å². The SMILES string of the molecule is CNCc1cc(OCC(F)(F)F)c2ccccc2n1. The van der Waals surface area contributed by atoms with Gasteiger partial charge in [-0.25, -0.2) is 0 Å². The molecule has 0 atom stereocenters. The Morgan fingerprint density at radius 1 is 1.26 bits per heavy atom. The zero-order chi connectivity index (χ0) is 13.9. The number of nitrogens with zero attached hydrogens (tertiary/aromatic N) is 1. The summed E-state index contributed by atoms with van der Waals surface area (Å²) in [5.41, 5.74) is 1.26. The summed E-state index contributed by atoms with van der Waals surface area (Å²) in [7, 11) is 1.74. The minimum atomic E-state index is -4.35. The fraction of sp³-hybridized carbons (Fsp3) is 0.308. The highest BCUT2D eigenvalue weighted by molar-refractivity contribution is 5.85. The van der Waals surface area contributed by atoms with Crippen LogP contribution in [0.2, 0.25) is 0 Å². The number of fused-ring (bicyclic) bond motifs is 1. The van der Waals surface area contributed by atoms with Crippen LogP contribution in [-0.2, 0) is 6.54 Å². The van der Waals surface area contributed by atoms with E-state index >= 15 is 0 Å². The highest BCUT2D eigenvalue weighted by Gasteiger charge is 2.28. The first-order valence-electron chi connectivity index (χ1n) is 5.72. The number of pyridine rings is 1. The van der Waals surface area contributed by atoms with Crippen LogP contribution < -0.4 is 10.1 Å². The number of ether oxygens (including phenoxy) is 1. The van der Waals surface area contributed by atoms with Gasteiger partial charge in [-0.2, -0.15) is 13.2 Å². The lowest BCUT2D eigenvalue weighted by Gasteiger charge is -2.12. The predicted octanol–water partition coefficient (Wildman–Crippen LogP) is 2.90. The first-order valence-corrected chi connectivity index (χ1v) is 5.72. The zero-order valence-corrected chi connectivity index (χ0v) is 10.3. The van der Waals surface area contributed by atoms with E-state index in [1.54, 1.807) is 31.3 Å². The highest BCUT2D eigenvalue weighted by atomic mass is 19.4. The highest BCUT2D eigenvalue weighted by Crippen LogP contribution is 2.27. The monoisotopic (exact) mass is 270 g/mol. The Morgan fingerprint density at radius 2 is 2.00 bits per heavy atom. The molecule has 2 aromatic rings. The van der Waals surface area contributed by atoms with Gasteiger partial charge in [-0.1, -0.05) is 12.1 Å². The minimum absolute atomic E-state index is 0.202. The van der Waals surface area contributed by atoms with Crippen molar-refractivity contribution in [2.45, 2.75) is 12.7 Å². The van der Waals surface area contributed by atoms with E-state index in [2.05, 4.69) is 10.3 Å². The number of aromatic nitrogens is 1.